The highest BCUT2D eigenvalue weighted by atomic mass is 16.5. The molecule has 5 nitrogen and oxygen atoms in total. The van der Waals surface area contributed by atoms with Gasteiger partial charge >= 0.3 is 11.9 Å². The Hall–Kier alpha value is -2.14. The van der Waals surface area contributed by atoms with E-state index in [2.05, 4.69) is 83.8 Å². The Labute approximate surface area is 304 Å². The van der Waals surface area contributed by atoms with Crippen LogP contribution in [-0.2, 0) is 20.9 Å². The van der Waals surface area contributed by atoms with Gasteiger partial charge in [0.1, 0.15) is 6.10 Å². The van der Waals surface area contributed by atoms with Crippen LogP contribution in [0.5, 0.6) is 0 Å². The second-order valence-corrected chi connectivity index (χ2v) is 20.2. The molecule has 10 atom stereocenters. The molecule has 5 aliphatic rings. The molecule has 0 amide bonds. The molecule has 5 heteroatoms. The summed E-state index contributed by atoms with van der Waals surface area (Å²) in [4.78, 5) is 24.6. The topological polar surface area (TPSA) is 75.6 Å². The predicted molar refractivity (Wildman–Crippen MR) is 202 cm³/mol. The van der Waals surface area contributed by atoms with Crippen LogP contribution in [0.25, 0.3) is 0 Å². The van der Waals surface area contributed by atoms with E-state index in [1.54, 1.807) is 0 Å². The lowest BCUT2D eigenvalue weighted by Gasteiger charge is -2.73. The van der Waals surface area contributed by atoms with Crippen molar-refractivity contribution in [2.75, 3.05) is 6.54 Å². The number of ether oxygens (including phenoxy) is 1. The molecule has 6 rings (SSSR count). The molecule has 0 unspecified atom stereocenters. The molecule has 0 heterocycles. The van der Waals surface area contributed by atoms with E-state index in [9.17, 15) is 14.7 Å². The summed E-state index contributed by atoms with van der Waals surface area (Å²) < 4.78 is 6.30. The van der Waals surface area contributed by atoms with Crippen LogP contribution < -0.4 is 5.32 Å². The number of carboxylic acids is 1. The molecule has 0 aromatic heterocycles. The van der Waals surface area contributed by atoms with Crippen LogP contribution in [0.1, 0.15) is 144 Å². The molecule has 0 bridgehead atoms. The van der Waals surface area contributed by atoms with E-state index in [0.29, 0.717) is 34.0 Å². The lowest BCUT2D eigenvalue weighted by Crippen LogP contribution is -2.66. The zero-order chi connectivity index (χ0) is 36.3. The Morgan fingerprint density at radius 2 is 1.60 bits per heavy atom. The van der Waals surface area contributed by atoms with E-state index in [1.807, 2.05) is 13.8 Å². The summed E-state index contributed by atoms with van der Waals surface area (Å²) in [5, 5.41) is 13.2. The molecule has 0 radical (unpaired) electrons. The van der Waals surface area contributed by atoms with Crippen molar-refractivity contribution in [3.05, 3.63) is 48.0 Å². The Morgan fingerprint density at radius 3 is 2.28 bits per heavy atom. The molecule has 5 fully saturated rings. The van der Waals surface area contributed by atoms with Crippen LogP contribution in [0.4, 0.5) is 0 Å². The highest BCUT2D eigenvalue weighted by Gasteiger charge is 2.71. The van der Waals surface area contributed by atoms with Crippen LogP contribution in [-0.4, -0.2) is 29.7 Å². The first kappa shape index (κ1) is 37.6. The van der Waals surface area contributed by atoms with Crippen molar-refractivity contribution in [2.45, 2.75) is 152 Å². The average Bonchev–Trinajstić information content (AvgIpc) is 3.41. The Balaban J connectivity index is 1.20. The predicted octanol–water partition coefficient (Wildman–Crippen LogP) is 10.6. The average molecular weight is 688 g/mol. The van der Waals surface area contributed by atoms with E-state index >= 15 is 0 Å². The molecule has 1 aromatic carbocycles. The summed E-state index contributed by atoms with van der Waals surface area (Å²) in [6.07, 6.45) is 13.8. The Morgan fingerprint density at radius 1 is 0.880 bits per heavy atom. The standard InChI is InChI=1S/C45H69NO4/c1-30(2)32-17-22-45(25-26-46-29-31-13-11-10-12-14-31)24-23-43(8)33(39(32)45)15-16-35-42(7)20-19-36(41(5,6)34(42)18-21-44(35,43)9)50-38(49)28-40(3,4)27-37(47)48/h10-14,32-36,39,46H,1,15-29H2,2-9H3,(H,47,48)/t32-,33+,34-,35+,36-,39+,42-,43+,44+,45+/m0/s1. The van der Waals surface area contributed by atoms with Gasteiger partial charge in [-0.2, -0.15) is 0 Å². The zero-order valence-corrected chi connectivity index (χ0v) is 32.8. The second kappa shape index (κ2) is 13.4. The van der Waals surface area contributed by atoms with Gasteiger partial charge in [-0.25, -0.2) is 0 Å². The summed E-state index contributed by atoms with van der Waals surface area (Å²) in [5.41, 5.74) is 3.30. The van der Waals surface area contributed by atoms with Gasteiger partial charge in [-0.3, -0.25) is 9.59 Å². The lowest BCUT2D eigenvalue weighted by molar-refractivity contribution is -0.250. The van der Waals surface area contributed by atoms with Gasteiger partial charge in [0.15, 0.2) is 0 Å². The summed E-state index contributed by atoms with van der Waals surface area (Å²) in [5.74, 6) is 2.19. The number of hydrogen-bond acceptors (Lipinski definition) is 4. The molecular formula is C45H69NO4. The monoisotopic (exact) mass is 688 g/mol. The van der Waals surface area contributed by atoms with Crippen molar-refractivity contribution in [3.63, 3.8) is 0 Å². The first-order valence-electron chi connectivity index (χ1n) is 20.2. The van der Waals surface area contributed by atoms with E-state index in [0.717, 1.165) is 37.8 Å². The molecule has 0 spiro atoms. The summed E-state index contributed by atoms with van der Waals surface area (Å²) >= 11 is 0. The van der Waals surface area contributed by atoms with Crippen LogP contribution in [0.2, 0.25) is 0 Å². The number of allylic oxidation sites excluding steroid dienone is 1. The smallest absolute Gasteiger partial charge is 0.306 e. The fourth-order valence-corrected chi connectivity index (χ4v) is 14.1. The van der Waals surface area contributed by atoms with Gasteiger partial charge in [0.05, 0.1) is 12.8 Å². The van der Waals surface area contributed by atoms with Gasteiger partial charge in [-0.1, -0.05) is 91.0 Å². The van der Waals surface area contributed by atoms with Gasteiger partial charge in [0.25, 0.3) is 0 Å². The minimum Gasteiger partial charge on any atom is -0.481 e. The maximum atomic E-state index is 13.2. The van der Waals surface area contributed by atoms with E-state index in [1.165, 1.54) is 68.9 Å². The summed E-state index contributed by atoms with van der Waals surface area (Å²) in [6.45, 7) is 25.5. The molecule has 5 saturated carbocycles. The van der Waals surface area contributed by atoms with Gasteiger partial charge in [-0.15, -0.1) is 0 Å². The fourth-order valence-electron chi connectivity index (χ4n) is 14.1. The van der Waals surface area contributed by atoms with E-state index < -0.39 is 11.4 Å². The third-order valence-electron chi connectivity index (χ3n) is 16.7. The molecular weight excluding hydrogens is 618 g/mol. The van der Waals surface area contributed by atoms with Crippen molar-refractivity contribution in [2.24, 2.45) is 62.1 Å². The number of benzene rings is 1. The molecule has 278 valence electrons. The third-order valence-corrected chi connectivity index (χ3v) is 16.7. The van der Waals surface area contributed by atoms with Gasteiger partial charge in [-0.05, 0) is 146 Å². The lowest BCUT2D eigenvalue weighted by atomic mass is 9.32. The largest absolute Gasteiger partial charge is 0.481 e. The SMILES string of the molecule is C=C(C)[C@@H]1CC[C@]2(CCNCc3ccccc3)CC[C@]3(C)[C@H](CC[C@@H]4[C@@]5(C)CC[C@H](OC(=O)CC(C)(C)CC(=O)O)C(C)(C)[C@@H]5CC[C@]43C)[C@@H]12. The number of esters is 1. The van der Waals surface area contributed by atoms with Gasteiger partial charge in [0, 0.05) is 12.0 Å². The summed E-state index contributed by atoms with van der Waals surface area (Å²) in [6, 6.07) is 10.8. The molecule has 2 N–H and O–H groups in total. The normalized spacial score (nSPS) is 40.5. The van der Waals surface area contributed by atoms with Crippen LogP contribution >= 0.6 is 0 Å². The van der Waals surface area contributed by atoms with Gasteiger partial charge < -0.3 is 15.2 Å². The number of rotatable bonds is 11. The highest BCUT2D eigenvalue weighted by Crippen LogP contribution is 2.78. The molecule has 0 aliphatic heterocycles. The molecule has 5 aliphatic carbocycles. The van der Waals surface area contributed by atoms with Crippen molar-refractivity contribution in [1.82, 2.24) is 5.32 Å². The maximum Gasteiger partial charge on any atom is 0.306 e. The number of nitrogens with one attached hydrogen (secondary N) is 1. The quantitative estimate of drug-likeness (QED) is 0.138. The first-order valence-corrected chi connectivity index (χ1v) is 20.2. The molecule has 0 saturated heterocycles. The zero-order valence-electron chi connectivity index (χ0n) is 32.8. The number of fused-ring (bicyclic) bond motifs is 7. The first-order chi connectivity index (χ1) is 23.4. The number of carbonyl (C=O) groups is 2. The number of hydrogen-bond donors (Lipinski definition) is 2. The van der Waals surface area contributed by atoms with Gasteiger partial charge in [0.2, 0.25) is 0 Å². The highest BCUT2D eigenvalue weighted by molar-refractivity contribution is 5.73. The molecule has 50 heavy (non-hydrogen) atoms. The van der Waals surface area contributed by atoms with Crippen LogP contribution in [0.15, 0.2) is 42.5 Å². The summed E-state index contributed by atoms with van der Waals surface area (Å²) in [7, 11) is 0. The number of carboxylic acid groups (broad SMARTS) is 1. The van der Waals surface area contributed by atoms with Crippen molar-refractivity contribution in [1.29, 1.82) is 0 Å². The van der Waals surface area contributed by atoms with Crippen LogP contribution in [0, 0.1) is 62.1 Å². The van der Waals surface area contributed by atoms with Crippen molar-refractivity contribution >= 4 is 11.9 Å². The molecule has 1 aromatic rings. The fraction of sp³-hybridized carbons (Fsp3) is 0.778. The Kier molecular flexibility index (Phi) is 10.1. The number of carbonyl (C=O) groups excluding carboxylic acids is 1. The van der Waals surface area contributed by atoms with Crippen LogP contribution in [0.3, 0.4) is 0 Å². The van der Waals surface area contributed by atoms with E-state index in [-0.39, 0.29) is 35.7 Å². The number of aliphatic carboxylic acids is 1. The minimum absolute atomic E-state index is 0.0306. The Bertz CT molecular complexity index is 1430. The second-order valence-electron chi connectivity index (χ2n) is 20.2. The van der Waals surface area contributed by atoms with Crippen molar-refractivity contribution in [3.8, 4) is 0 Å². The van der Waals surface area contributed by atoms with E-state index in [4.69, 9.17) is 4.74 Å². The maximum absolute atomic E-state index is 13.2. The van der Waals surface area contributed by atoms with Crippen molar-refractivity contribution < 1.29 is 19.4 Å². The minimum atomic E-state index is -0.868. The third kappa shape index (κ3) is 6.32.